The van der Waals surface area contributed by atoms with Crippen molar-refractivity contribution in [2.24, 2.45) is 0 Å². The summed E-state index contributed by atoms with van der Waals surface area (Å²) in [7, 11) is 0. The maximum absolute atomic E-state index is 12.0. The summed E-state index contributed by atoms with van der Waals surface area (Å²) in [5.41, 5.74) is 0.591. The highest BCUT2D eigenvalue weighted by Crippen LogP contribution is 2.21. The monoisotopic (exact) mass is 318 g/mol. The summed E-state index contributed by atoms with van der Waals surface area (Å²) in [5, 5.41) is 2.66. The quantitative estimate of drug-likeness (QED) is 0.908. The normalized spacial score (nSPS) is 15.4. The topological polar surface area (TPSA) is 50.8 Å². The lowest BCUT2D eigenvalue weighted by molar-refractivity contribution is -0.195. The van der Waals surface area contributed by atoms with Crippen LogP contribution in [0.1, 0.15) is 6.92 Å². The number of carbonyl (C=O) groups excluding carboxylic acids is 1. The minimum atomic E-state index is -4.34. The molecular weight excluding hydrogens is 301 g/mol. The highest BCUT2D eigenvalue weighted by molar-refractivity contribution is 5.89. The first-order chi connectivity index (χ1) is 10.4. The maximum Gasteiger partial charge on any atom is 0.411 e. The van der Waals surface area contributed by atoms with Crippen molar-refractivity contribution in [3.8, 4) is 5.75 Å². The molecule has 5 nitrogen and oxygen atoms in total. The number of halogens is 3. The number of urea groups is 1. The molecule has 1 aromatic carbocycles. The molecule has 0 atom stereocenters. The van der Waals surface area contributed by atoms with Gasteiger partial charge in [0.25, 0.3) is 0 Å². The molecule has 1 aliphatic rings. The molecule has 1 heterocycles. The van der Waals surface area contributed by atoms with Crippen LogP contribution in [-0.2, 0) is 4.74 Å². The van der Waals surface area contributed by atoms with Crippen molar-refractivity contribution in [3.63, 3.8) is 0 Å². The summed E-state index contributed by atoms with van der Waals surface area (Å²) < 4.78 is 45.9. The van der Waals surface area contributed by atoms with E-state index in [2.05, 4.69) is 10.1 Å². The second-order valence-corrected chi connectivity index (χ2v) is 4.84. The lowest BCUT2D eigenvalue weighted by Gasteiger charge is -2.38. The van der Waals surface area contributed by atoms with Gasteiger partial charge in [-0.25, -0.2) is 4.79 Å². The highest BCUT2D eigenvalue weighted by atomic mass is 19.4. The SMILES string of the molecule is CCOc1ccc(NC(=O)N2CC(OCC(F)(F)F)C2)cc1. The zero-order valence-electron chi connectivity index (χ0n) is 12.0. The third kappa shape index (κ3) is 4.80. The molecule has 1 N–H and O–H groups in total. The molecule has 122 valence electrons. The molecule has 1 saturated heterocycles. The lowest BCUT2D eigenvalue weighted by atomic mass is 10.2. The lowest BCUT2D eigenvalue weighted by Crippen LogP contribution is -2.56. The van der Waals surface area contributed by atoms with Gasteiger partial charge in [-0.05, 0) is 31.2 Å². The zero-order valence-corrected chi connectivity index (χ0v) is 12.0. The second kappa shape index (κ2) is 6.87. The van der Waals surface area contributed by atoms with Crippen LogP contribution in [0.2, 0.25) is 0 Å². The number of nitrogens with one attached hydrogen (secondary N) is 1. The molecule has 0 aliphatic carbocycles. The Bertz CT molecular complexity index is 499. The Morgan fingerprint density at radius 2 is 1.95 bits per heavy atom. The Morgan fingerprint density at radius 1 is 1.32 bits per heavy atom. The first-order valence-electron chi connectivity index (χ1n) is 6.84. The van der Waals surface area contributed by atoms with Gasteiger partial charge in [-0.15, -0.1) is 0 Å². The predicted molar refractivity (Wildman–Crippen MR) is 74.0 cm³/mol. The summed E-state index contributed by atoms with van der Waals surface area (Å²) in [6, 6.07) is 6.48. The van der Waals surface area contributed by atoms with Gasteiger partial charge in [0.2, 0.25) is 0 Å². The van der Waals surface area contributed by atoms with Crippen LogP contribution in [0, 0.1) is 0 Å². The summed E-state index contributed by atoms with van der Waals surface area (Å²) in [6.07, 6.45) is -4.90. The molecule has 1 aliphatic heterocycles. The standard InChI is InChI=1S/C14H17F3N2O3/c1-2-21-11-5-3-10(4-6-11)18-13(20)19-7-12(8-19)22-9-14(15,16)17/h3-6,12H,2,7-9H2,1H3,(H,18,20). The van der Waals surface area contributed by atoms with Crippen molar-refractivity contribution < 1.29 is 27.4 Å². The molecule has 2 rings (SSSR count). The molecule has 0 radical (unpaired) electrons. The van der Waals surface area contributed by atoms with Gasteiger partial charge >= 0.3 is 12.2 Å². The highest BCUT2D eigenvalue weighted by Gasteiger charge is 2.35. The van der Waals surface area contributed by atoms with Crippen LogP contribution in [0.25, 0.3) is 0 Å². The summed E-state index contributed by atoms with van der Waals surface area (Å²) in [4.78, 5) is 13.2. The van der Waals surface area contributed by atoms with Gasteiger partial charge in [-0.1, -0.05) is 0 Å². The second-order valence-electron chi connectivity index (χ2n) is 4.84. The van der Waals surface area contributed by atoms with E-state index >= 15 is 0 Å². The van der Waals surface area contributed by atoms with E-state index in [1.165, 1.54) is 4.90 Å². The maximum atomic E-state index is 12.0. The van der Waals surface area contributed by atoms with Crippen LogP contribution in [-0.4, -0.2) is 49.5 Å². The first-order valence-corrected chi connectivity index (χ1v) is 6.84. The average Bonchev–Trinajstić information content (AvgIpc) is 2.38. The summed E-state index contributed by atoms with van der Waals surface area (Å²) in [6.45, 7) is 1.44. The van der Waals surface area contributed by atoms with Crippen molar-refractivity contribution in [3.05, 3.63) is 24.3 Å². The van der Waals surface area contributed by atoms with E-state index in [1.807, 2.05) is 6.92 Å². The number of rotatable bonds is 5. The largest absolute Gasteiger partial charge is 0.494 e. The molecule has 1 fully saturated rings. The number of alkyl halides is 3. The molecule has 0 aromatic heterocycles. The number of nitrogens with zero attached hydrogens (tertiary/aromatic N) is 1. The number of carbonyl (C=O) groups is 1. The molecule has 8 heteroatoms. The van der Waals surface area contributed by atoms with Crippen molar-refractivity contribution in [1.29, 1.82) is 0 Å². The fourth-order valence-corrected chi connectivity index (χ4v) is 1.93. The van der Waals surface area contributed by atoms with Crippen LogP contribution >= 0.6 is 0 Å². The van der Waals surface area contributed by atoms with E-state index in [0.29, 0.717) is 18.0 Å². The third-order valence-corrected chi connectivity index (χ3v) is 3.03. The fraction of sp³-hybridized carbons (Fsp3) is 0.500. The Balaban J connectivity index is 1.73. The number of ether oxygens (including phenoxy) is 2. The minimum Gasteiger partial charge on any atom is -0.494 e. The van der Waals surface area contributed by atoms with Gasteiger partial charge in [-0.3, -0.25) is 0 Å². The molecule has 0 spiro atoms. The van der Waals surface area contributed by atoms with Gasteiger partial charge in [0, 0.05) is 5.69 Å². The molecule has 0 bridgehead atoms. The van der Waals surface area contributed by atoms with Gasteiger partial charge in [0.15, 0.2) is 0 Å². The summed E-state index contributed by atoms with van der Waals surface area (Å²) in [5.74, 6) is 0.699. The van der Waals surface area contributed by atoms with Crippen molar-refractivity contribution in [1.82, 2.24) is 4.90 Å². The Morgan fingerprint density at radius 3 is 2.50 bits per heavy atom. The van der Waals surface area contributed by atoms with Crippen LogP contribution in [0.15, 0.2) is 24.3 Å². The Labute approximate surface area is 126 Å². The Hall–Kier alpha value is -1.96. The van der Waals surface area contributed by atoms with E-state index in [4.69, 9.17) is 4.74 Å². The molecule has 2 amide bonds. The van der Waals surface area contributed by atoms with E-state index in [-0.39, 0.29) is 19.1 Å². The van der Waals surface area contributed by atoms with Crippen LogP contribution in [0.5, 0.6) is 5.75 Å². The van der Waals surface area contributed by atoms with Gasteiger partial charge in [0.05, 0.1) is 25.8 Å². The molecule has 1 aromatic rings. The smallest absolute Gasteiger partial charge is 0.411 e. The van der Waals surface area contributed by atoms with Crippen molar-refractivity contribution >= 4 is 11.7 Å². The number of amides is 2. The van der Waals surface area contributed by atoms with Crippen LogP contribution in [0.4, 0.5) is 23.7 Å². The van der Waals surface area contributed by atoms with Crippen molar-refractivity contribution in [2.75, 3.05) is 31.6 Å². The van der Waals surface area contributed by atoms with Crippen LogP contribution < -0.4 is 10.1 Å². The van der Waals surface area contributed by atoms with E-state index < -0.39 is 18.9 Å². The average molecular weight is 318 g/mol. The van der Waals surface area contributed by atoms with Gasteiger partial charge < -0.3 is 19.7 Å². The van der Waals surface area contributed by atoms with Crippen molar-refractivity contribution in [2.45, 2.75) is 19.2 Å². The van der Waals surface area contributed by atoms with Crippen LogP contribution in [0.3, 0.4) is 0 Å². The number of benzene rings is 1. The third-order valence-electron chi connectivity index (χ3n) is 3.03. The molecular formula is C14H17F3N2O3. The molecule has 0 unspecified atom stereocenters. The van der Waals surface area contributed by atoms with E-state index in [1.54, 1.807) is 24.3 Å². The molecule has 0 saturated carbocycles. The molecule has 22 heavy (non-hydrogen) atoms. The van der Waals surface area contributed by atoms with E-state index in [0.717, 1.165) is 0 Å². The fourth-order valence-electron chi connectivity index (χ4n) is 1.93. The van der Waals surface area contributed by atoms with Gasteiger partial charge in [-0.2, -0.15) is 13.2 Å². The summed E-state index contributed by atoms with van der Waals surface area (Å²) >= 11 is 0. The number of hydrogen-bond donors (Lipinski definition) is 1. The number of likely N-dealkylation sites (tertiary alicyclic amines) is 1. The number of anilines is 1. The minimum absolute atomic E-state index is 0.152. The Kier molecular flexibility index (Phi) is 5.12. The first kappa shape index (κ1) is 16.4. The zero-order chi connectivity index (χ0) is 16.2. The number of hydrogen-bond acceptors (Lipinski definition) is 3. The predicted octanol–water partition coefficient (Wildman–Crippen LogP) is 2.88. The van der Waals surface area contributed by atoms with E-state index in [9.17, 15) is 18.0 Å². The van der Waals surface area contributed by atoms with Gasteiger partial charge in [0.1, 0.15) is 12.4 Å².